The predicted octanol–water partition coefficient (Wildman–Crippen LogP) is 4.97. The molecule has 1 heterocycles. The van der Waals surface area contributed by atoms with Crippen LogP contribution in [0.1, 0.15) is 42.9 Å². The largest absolute Gasteiger partial charge is 0.496 e. The van der Waals surface area contributed by atoms with Gasteiger partial charge in [-0.3, -0.25) is 4.79 Å². The molecule has 1 aliphatic heterocycles. The summed E-state index contributed by atoms with van der Waals surface area (Å²) in [4.78, 5) is 16.8. The Bertz CT molecular complexity index is 899. The number of aryl methyl sites for hydroxylation is 1. The van der Waals surface area contributed by atoms with Crippen molar-refractivity contribution in [3.05, 3.63) is 69.9 Å². The maximum Gasteiger partial charge on any atom is 0.275 e. The van der Waals surface area contributed by atoms with E-state index in [0.717, 1.165) is 23.3 Å². The smallest absolute Gasteiger partial charge is 0.275 e. The predicted molar refractivity (Wildman–Crippen MR) is 110 cm³/mol. The molecule has 0 aromatic heterocycles. The molecule has 0 bridgehead atoms. The summed E-state index contributed by atoms with van der Waals surface area (Å²) in [6.07, 6.45) is 3.24. The summed E-state index contributed by atoms with van der Waals surface area (Å²) in [5.41, 5.74) is 3.60. The van der Waals surface area contributed by atoms with E-state index < -0.39 is 0 Å². The number of nitrogens with one attached hydrogen (secondary N) is 1. The second-order valence-corrected chi connectivity index (χ2v) is 7.26. The normalized spacial score (nSPS) is 15.2. The maximum absolute atomic E-state index is 12.3. The standard InChI is InChI=1S/C22H23ClN2O2/c1-14(2)16-7-10-20(27-3)17(12-16)13-19-22(26)25-21(24-19)11-6-15-4-8-18(23)9-5-15/h4-5,7-10,12-14H,6,11H2,1-3H3,(H,24,25,26)/b19-13-. The van der Waals surface area contributed by atoms with Crippen LogP contribution < -0.4 is 10.1 Å². The molecular formula is C22H23ClN2O2. The number of rotatable bonds is 6. The topological polar surface area (TPSA) is 50.7 Å². The van der Waals surface area contributed by atoms with Crippen LogP contribution in [0.5, 0.6) is 5.75 Å². The van der Waals surface area contributed by atoms with E-state index in [1.54, 1.807) is 13.2 Å². The van der Waals surface area contributed by atoms with E-state index in [2.05, 4.69) is 24.2 Å². The van der Waals surface area contributed by atoms with Crippen molar-refractivity contribution in [3.8, 4) is 5.75 Å². The lowest BCUT2D eigenvalue weighted by Gasteiger charge is -2.10. The zero-order chi connectivity index (χ0) is 19.4. The molecule has 1 amide bonds. The highest BCUT2D eigenvalue weighted by Crippen LogP contribution is 2.27. The average molecular weight is 383 g/mol. The monoisotopic (exact) mass is 382 g/mol. The molecule has 2 aromatic rings. The highest BCUT2D eigenvalue weighted by molar-refractivity contribution is 6.30. The molecule has 0 saturated heterocycles. The van der Waals surface area contributed by atoms with Gasteiger partial charge in [-0.25, -0.2) is 4.99 Å². The lowest BCUT2D eigenvalue weighted by molar-refractivity contribution is -0.115. The van der Waals surface area contributed by atoms with Gasteiger partial charge in [0, 0.05) is 17.0 Å². The van der Waals surface area contributed by atoms with E-state index in [4.69, 9.17) is 16.3 Å². The zero-order valence-electron chi connectivity index (χ0n) is 15.8. The molecule has 5 heteroatoms. The van der Waals surface area contributed by atoms with Gasteiger partial charge in [0.25, 0.3) is 5.91 Å². The molecule has 27 heavy (non-hydrogen) atoms. The third kappa shape index (κ3) is 4.77. The summed E-state index contributed by atoms with van der Waals surface area (Å²) in [5.74, 6) is 1.62. The summed E-state index contributed by atoms with van der Waals surface area (Å²) in [7, 11) is 1.63. The Hall–Kier alpha value is -2.59. The Morgan fingerprint density at radius 1 is 1.15 bits per heavy atom. The SMILES string of the molecule is COc1ccc(C(C)C)cc1/C=C1\N=C(CCc2ccc(Cl)cc2)NC1=O. The van der Waals surface area contributed by atoms with Gasteiger partial charge >= 0.3 is 0 Å². The number of aliphatic imine (C=N–C) groups is 1. The van der Waals surface area contributed by atoms with Crippen LogP contribution in [0.25, 0.3) is 6.08 Å². The van der Waals surface area contributed by atoms with Gasteiger partial charge in [-0.05, 0) is 53.8 Å². The number of methoxy groups -OCH3 is 1. The van der Waals surface area contributed by atoms with Gasteiger partial charge in [0.2, 0.25) is 0 Å². The van der Waals surface area contributed by atoms with Crippen molar-refractivity contribution in [2.24, 2.45) is 4.99 Å². The Labute approximate surface area is 164 Å². The second-order valence-electron chi connectivity index (χ2n) is 6.82. The second kappa shape index (κ2) is 8.40. The van der Waals surface area contributed by atoms with Crippen molar-refractivity contribution in [3.63, 3.8) is 0 Å². The molecule has 0 atom stereocenters. The molecule has 0 spiro atoms. The average Bonchev–Trinajstić information content (AvgIpc) is 3.00. The van der Waals surface area contributed by atoms with Crippen LogP contribution in [0.2, 0.25) is 5.02 Å². The minimum atomic E-state index is -0.182. The van der Waals surface area contributed by atoms with E-state index >= 15 is 0 Å². The van der Waals surface area contributed by atoms with Gasteiger partial charge in [0.15, 0.2) is 0 Å². The van der Waals surface area contributed by atoms with E-state index in [1.807, 2.05) is 42.5 Å². The molecule has 0 aliphatic carbocycles. The third-order valence-corrected chi connectivity index (χ3v) is 4.77. The molecule has 3 rings (SSSR count). The molecule has 1 N–H and O–H groups in total. The number of ether oxygens (including phenoxy) is 1. The molecule has 0 fully saturated rings. The number of carbonyl (C=O) groups is 1. The first kappa shape index (κ1) is 19.2. The van der Waals surface area contributed by atoms with Crippen LogP contribution in [-0.4, -0.2) is 18.9 Å². The van der Waals surface area contributed by atoms with Crippen molar-refractivity contribution in [2.75, 3.05) is 7.11 Å². The van der Waals surface area contributed by atoms with Crippen molar-refractivity contribution in [2.45, 2.75) is 32.6 Å². The van der Waals surface area contributed by atoms with Crippen molar-refractivity contribution >= 4 is 29.4 Å². The number of halogens is 1. The molecule has 4 nitrogen and oxygen atoms in total. The number of hydrogen-bond acceptors (Lipinski definition) is 3. The van der Waals surface area contributed by atoms with Gasteiger partial charge in [-0.1, -0.05) is 43.6 Å². The van der Waals surface area contributed by atoms with Crippen molar-refractivity contribution < 1.29 is 9.53 Å². The Morgan fingerprint density at radius 2 is 1.89 bits per heavy atom. The number of benzene rings is 2. The first-order valence-electron chi connectivity index (χ1n) is 8.99. The summed E-state index contributed by atoms with van der Waals surface area (Å²) < 4.78 is 5.43. The molecular weight excluding hydrogens is 360 g/mol. The highest BCUT2D eigenvalue weighted by atomic mass is 35.5. The lowest BCUT2D eigenvalue weighted by atomic mass is 10.00. The zero-order valence-corrected chi connectivity index (χ0v) is 16.5. The number of carbonyl (C=O) groups excluding carboxylic acids is 1. The van der Waals surface area contributed by atoms with E-state index in [1.165, 1.54) is 5.56 Å². The molecule has 0 unspecified atom stereocenters. The van der Waals surface area contributed by atoms with Crippen LogP contribution in [0.15, 0.2) is 53.2 Å². The Balaban J connectivity index is 1.79. The lowest BCUT2D eigenvalue weighted by Crippen LogP contribution is -2.24. The highest BCUT2D eigenvalue weighted by Gasteiger charge is 2.20. The fourth-order valence-corrected chi connectivity index (χ4v) is 3.05. The fourth-order valence-electron chi connectivity index (χ4n) is 2.92. The molecule has 1 aliphatic rings. The first-order chi connectivity index (χ1) is 13.0. The number of hydrogen-bond donors (Lipinski definition) is 1. The van der Waals surface area contributed by atoms with Crippen LogP contribution in [0.3, 0.4) is 0 Å². The van der Waals surface area contributed by atoms with E-state index in [9.17, 15) is 4.79 Å². The van der Waals surface area contributed by atoms with Gasteiger partial charge in [0.1, 0.15) is 17.3 Å². The molecule has 0 radical (unpaired) electrons. The summed E-state index contributed by atoms with van der Waals surface area (Å²) >= 11 is 5.91. The quantitative estimate of drug-likeness (QED) is 0.717. The van der Waals surface area contributed by atoms with Crippen LogP contribution >= 0.6 is 11.6 Å². The summed E-state index contributed by atoms with van der Waals surface area (Å²) in [6.45, 7) is 4.27. The fraction of sp³-hybridized carbons (Fsp3) is 0.273. The van der Waals surface area contributed by atoms with E-state index in [0.29, 0.717) is 28.9 Å². The number of amidine groups is 1. The molecule has 0 saturated carbocycles. The van der Waals surface area contributed by atoms with Gasteiger partial charge in [-0.15, -0.1) is 0 Å². The van der Waals surface area contributed by atoms with Crippen LogP contribution in [0.4, 0.5) is 0 Å². The van der Waals surface area contributed by atoms with Gasteiger partial charge < -0.3 is 10.1 Å². The first-order valence-corrected chi connectivity index (χ1v) is 9.37. The van der Waals surface area contributed by atoms with E-state index in [-0.39, 0.29) is 5.91 Å². The third-order valence-electron chi connectivity index (χ3n) is 4.52. The maximum atomic E-state index is 12.3. The molecule has 140 valence electrons. The minimum Gasteiger partial charge on any atom is -0.496 e. The van der Waals surface area contributed by atoms with Crippen LogP contribution in [0, 0.1) is 0 Å². The van der Waals surface area contributed by atoms with Crippen LogP contribution in [-0.2, 0) is 11.2 Å². The van der Waals surface area contributed by atoms with Crippen molar-refractivity contribution in [1.29, 1.82) is 0 Å². The van der Waals surface area contributed by atoms with Crippen molar-refractivity contribution in [1.82, 2.24) is 5.32 Å². The molecule has 2 aromatic carbocycles. The number of nitrogens with zero attached hydrogens (tertiary/aromatic N) is 1. The Kier molecular flexibility index (Phi) is 5.97. The minimum absolute atomic E-state index is 0.182. The van der Waals surface area contributed by atoms with Gasteiger partial charge in [0.05, 0.1) is 7.11 Å². The van der Waals surface area contributed by atoms with Gasteiger partial charge in [-0.2, -0.15) is 0 Å². The summed E-state index contributed by atoms with van der Waals surface area (Å²) in [5, 5.41) is 3.57. The summed E-state index contributed by atoms with van der Waals surface area (Å²) in [6, 6.07) is 13.7. The Morgan fingerprint density at radius 3 is 2.56 bits per heavy atom. The number of amides is 1.